The van der Waals surface area contributed by atoms with Crippen LogP contribution < -0.4 is 0 Å². The van der Waals surface area contributed by atoms with Crippen LogP contribution in [0, 0.1) is 5.92 Å². The average Bonchev–Trinajstić information content (AvgIpc) is 2.48. The summed E-state index contributed by atoms with van der Waals surface area (Å²) in [4.78, 5) is 0. The predicted octanol–water partition coefficient (Wildman–Crippen LogP) is 7.64. The second-order valence-corrected chi connectivity index (χ2v) is 3.64. The first kappa shape index (κ1) is 26.3. The Labute approximate surface area is 119 Å². The first-order chi connectivity index (χ1) is 8.79. The van der Waals surface area contributed by atoms with Gasteiger partial charge in [0.1, 0.15) is 0 Å². The van der Waals surface area contributed by atoms with Crippen LogP contribution in [0.25, 0.3) is 0 Å². The van der Waals surface area contributed by atoms with Gasteiger partial charge in [-0.1, -0.05) is 86.3 Å². The number of rotatable bonds is 1. The normalized spacial score (nSPS) is 12.8. The minimum atomic E-state index is 0.916. The summed E-state index contributed by atoms with van der Waals surface area (Å²) in [5, 5.41) is 0. The largest absolute Gasteiger partial charge is 0.0828 e. The Morgan fingerprint density at radius 2 is 1.00 bits per heavy atom. The van der Waals surface area contributed by atoms with Crippen LogP contribution in [0.1, 0.15) is 101 Å². The fourth-order valence-corrected chi connectivity index (χ4v) is 1.77. The molecular formula is C18H42. The maximum atomic E-state index is 2.44. The van der Waals surface area contributed by atoms with Crippen molar-refractivity contribution in [2.24, 2.45) is 5.92 Å². The summed E-state index contributed by atoms with van der Waals surface area (Å²) < 4.78 is 0. The lowest BCUT2D eigenvalue weighted by atomic mass is 9.88. The first-order valence-electron chi connectivity index (χ1n) is 8.44. The smallest absolute Gasteiger partial charge is 0.0231 e. The van der Waals surface area contributed by atoms with Gasteiger partial charge in [0, 0.05) is 0 Å². The molecule has 0 nitrogen and oxygen atoms in total. The van der Waals surface area contributed by atoms with Gasteiger partial charge in [-0.05, 0) is 32.6 Å². The van der Waals surface area contributed by atoms with Crippen molar-refractivity contribution < 1.29 is 0 Å². The molecule has 0 amide bonds. The van der Waals surface area contributed by atoms with E-state index in [4.69, 9.17) is 0 Å². The van der Waals surface area contributed by atoms with E-state index in [2.05, 4.69) is 19.9 Å². The van der Waals surface area contributed by atoms with Crippen molar-refractivity contribution in [2.75, 3.05) is 0 Å². The third kappa shape index (κ3) is 24.8. The summed E-state index contributed by atoms with van der Waals surface area (Å²) in [7, 11) is 0. The lowest BCUT2D eigenvalue weighted by Gasteiger charge is -2.18. The molecular weight excluding hydrogens is 216 g/mol. The molecule has 1 aliphatic carbocycles. The maximum Gasteiger partial charge on any atom is -0.0231 e. The molecule has 1 saturated carbocycles. The number of hydrogen-bond acceptors (Lipinski definition) is 0. The van der Waals surface area contributed by atoms with Crippen LogP contribution in [-0.2, 0) is 0 Å². The standard InChI is InChI=1S/C10H18.4C2H6/c1-9(2)8-10-6-4-3-5-7-10;4*1-2/h8,10H,3-7H2,1-2H3;4*1-2H3. The third-order valence-electron chi connectivity index (χ3n) is 2.22. The SMILES string of the molecule is CC.CC.CC.CC.CC(C)=CC1CCCCC1. The van der Waals surface area contributed by atoms with E-state index in [1.54, 1.807) is 0 Å². The molecule has 0 radical (unpaired) electrons. The maximum absolute atomic E-state index is 2.44. The van der Waals surface area contributed by atoms with Crippen molar-refractivity contribution in [3.63, 3.8) is 0 Å². The Kier molecular flexibility index (Phi) is 44.0. The Morgan fingerprint density at radius 1 is 0.667 bits per heavy atom. The van der Waals surface area contributed by atoms with Crippen molar-refractivity contribution in [3.05, 3.63) is 11.6 Å². The van der Waals surface area contributed by atoms with E-state index < -0.39 is 0 Å². The summed E-state index contributed by atoms with van der Waals surface area (Å²) >= 11 is 0. The van der Waals surface area contributed by atoms with Crippen LogP contribution in [0.5, 0.6) is 0 Å². The summed E-state index contributed by atoms with van der Waals surface area (Å²) in [5.74, 6) is 0.916. The van der Waals surface area contributed by atoms with Crippen LogP contribution in [0.15, 0.2) is 11.6 Å². The summed E-state index contributed by atoms with van der Waals surface area (Å²) in [6.45, 7) is 20.4. The Hall–Kier alpha value is -0.260. The molecule has 114 valence electrons. The monoisotopic (exact) mass is 258 g/mol. The highest BCUT2D eigenvalue weighted by Crippen LogP contribution is 2.25. The van der Waals surface area contributed by atoms with Crippen LogP contribution >= 0.6 is 0 Å². The van der Waals surface area contributed by atoms with Crippen LogP contribution in [-0.4, -0.2) is 0 Å². The lowest BCUT2D eigenvalue weighted by molar-refractivity contribution is 0.418. The molecule has 0 aromatic heterocycles. The average molecular weight is 259 g/mol. The highest BCUT2D eigenvalue weighted by molar-refractivity contribution is 4.97. The zero-order chi connectivity index (χ0) is 15.4. The summed E-state index contributed by atoms with van der Waals surface area (Å²) in [6, 6.07) is 0. The molecule has 18 heavy (non-hydrogen) atoms. The topological polar surface area (TPSA) is 0 Å². The molecule has 0 saturated heterocycles. The van der Waals surface area contributed by atoms with Crippen molar-refractivity contribution in [1.29, 1.82) is 0 Å². The molecule has 0 atom stereocenters. The minimum Gasteiger partial charge on any atom is -0.0828 e. The zero-order valence-electron chi connectivity index (χ0n) is 15.2. The predicted molar refractivity (Wildman–Crippen MR) is 91.4 cm³/mol. The molecule has 0 heterocycles. The van der Waals surface area contributed by atoms with Crippen molar-refractivity contribution >= 4 is 0 Å². The second kappa shape index (κ2) is 30.1. The molecule has 0 aliphatic heterocycles. The van der Waals surface area contributed by atoms with E-state index >= 15 is 0 Å². The van der Waals surface area contributed by atoms with Gasteiger partial charge in [0.05, 0.1) is 0 Å². The zero-order valence-corrected chi connectivity index (χ0v) is 15.2. The van der Waals surface area contributed by atoms with E-state index in [1.165, 1.54) is 37.7 Å². The quantitative estimate of drug-likeness (QED) is 0.424. The van der Waals surface area contributed by atoms with E-state index in [0.29, 0.717) is 0 Å². The van der Waals surface area contributed by atoms with E-state index in [-0.39, 0.29) is 0 Å². The van der Waals surface area contributed by atoms with Crippen molar-refractivity contribution in [2.45, 2.75) is 101 Å². The van der Waals surface area contributed by atoms with Gasteiger partial charge in [-0.2, -0.15) is 0 Å². The molecule has 0 aromatic carbocycles. The highest BCUT2D eigenvalue weighted by atomic mass is 14.1. The van der Waals surface area contributed by atoms with Gasteiger partial charge in [-0.25, -0.2) is 0 Å². The van der Waals surface area contributed by atoms with E-state index in [1.807, 2.05) is 55.4 Å². The molecule has 0 unspecified atom stereocenters. The van der Waals surface area contributed by atoms with Crippen LogP contribution in [0.3, 0.4) is 0 Å². The van der Waals surface area contributed by atoms with Gasteiger partial charge >= 0.3 is 0 Å². The highest BCUT2D eigenvalue weighted by Gasteiger charge is 2.09. The minimum absolute atomic E-state index is 0.916. The van der Waals surface area contributed by atoms with E-state index in [9.17, 15) is 0 Å². The molecule has 0 aromatic rings. The molecule has 1 aliphatic rings. The van der Waals surface area contributed by atoms with Crippen molar-refractivity contribution in [1.82, 2.24) is 0 Å². The van der Waals surface area contributed by atoms with Gasteiger partial charge in [0.25, 0.3) is 0 Å². The summed E-state index contributed by atoms with van der Waals surface area (Å²) in [6.07, 6.45) is 9.69. The van der Waals surface area contributed by atoms with Crippen LogP contribution in [0.2, 0.25) is 0 Å². The number of hydrogen-bond donors (Lipinski definition) is 0. The lowest BCUT2D eigenvalue weighted by Crippen LogP contribution is -2.02. The number of allylic oxidation sites excluding steroid dienone is 2. The van der Waals surface area contributed by atoms with Crippen molar-refractivity contribution in [3.8, 4) is 0 Å². The Morgan fingerprint density at radius 3 is 1.28 bits per heavy atom. The van der Waals surface area contributed by atoms with Gasteiger partial charge in [-0.15, -0.1) is 0 Å². The van der Waals surface area contributed by atoms with E-state index in [0.717, 1.165) is 5.92 Å². The molecule has 0 spiro atoms. The molecule has 0 bridgehead atoms. The van der Waals surface area contributed by atoms with Gasteiger partial charge in [0.15, 0.2) is 0 Å². The van der Waals surface area contributed by atoms with Crippen LogP contribution in [0.4, 0.5) is 0 Å². The molecule has 1 fully saturated rings. The second-order valence-electron chi connectivity index (χ2n) is 3.64. The Bertz CT molecular complexity index is 112. The van der Waals surface area contributed by atoms with Gasteiger partial charge in [-0.3, -0.25) is 0 Å². The third-order valence-corrected chi connectivity index (χ3v) is 2.22. The molecule has 1 rings (SSSR count). The molecule has 0 heteroatoms. The fourth-order valence-electron chi connectivity index (χ4n) is 1.77. The van der Waals surface area contributed by atoms with Gasteiger partial charge < -0.3 is 0 Å². The van der Waals surface area contributed by atoms with Gasteiger partial charge in [0.2, 0.25) is 0 Å². The first-order valence-corrected chi connectivity index (χ1v) is 8.44. The molecule has 0 N–H and O–H groups in total. The Balaban J connectivity index is -0.000000105. The fraction of sp³-hybridized carbons (Fsp3) is 0.889. The summed E-state index contributed by atoms with van der Waals surface area (Å²) in [5.41, 5.74) is 1.49.